The molecule has 1 spiro atoms. The quantitative estimate of drug-likeness (QED) is 0.447. The van der Waals surface area contributed by atoms with Gasteiger partial charge in [-0.05, 0) is 69.0 Å². The van der Waals surface area contributed by atoms with Gasteiger partial charge in [-0.15, -0.1) is 11.8 Å². The molecule has 1 aromatic carbocycles. The van der Waals surface area contributed by atoms with Crippen molar-refractivity contribution in [2.24, 2.45) is 5.92 Å². The monoisotopic (exact) mass is 608 g/mol. The van der Waals surface area contributed by atoms with Crippen molar-refractivity contribution >= 4 is 23.5 Å². The normalized spacial score (nSPS) is 34.8. The van der Waals surface area contributed by atoms with Crippen molar-refractivity contribution in [2.75, 3.05) is 46.9 Å². The third-order valence-corrected chi connectivity index (χ3v) is 11.9. The Labute approximate surface area is 259 Å². The van der Waals surface area contributed by atoms with E-state index < -0.39 is 11.1 Å². The zero-order valence-electron chi connectivity index (χ0n) is 25.3. The number of benzene rings is 1. The van der Waals surface area contributed by atoms with Crippen LogP contribution in [-0.4, -0.2) is 109 Å². The number of likely N-dealkylation sites (N-methyl/N-ethyl adjacent to an activating group) is 1. The van der Waals surface area contributed by atoms with Gasteiger partial charge in [-0.2, -0.15) is 5.26 Å². The van der Waals surface area contributed by atoms with E-state index in [0.29, 0.717) is 38.7 Å². The summed E-state index contributed by atoms with van der Waals surface area (Å²) < 4.78 is 11.7. The van der Waals surface area contributed by atoms with Crippen molar-refractivity contribution in [2.45, 2.75) is 79.7 Å². The van der Waals surface area contributed by atoms with Crippen molar-refractivity contribution in [1.29, 1.82) is 5.26 Å². The zero-order valence-corrected chi connectivity index (χ0v) is 26.1. The first-order valence-corrected chi connectivity index (χ1v) is 16.6. The lowest BCUT2D eigenvalue weighted by Crippen LogP contribution is -2.75. The third-order valence-electron chi connectivity index (χ3n) is 10.3. The molecule has 1 saturated carbocycles. The first-order chi connectivity index (χ1) is 20.9. The van der Waals surface area contributed by atoms with Gasteiger partial charge >= 0.3 is 0 Å². The van der Waals surface area contributed by atoms with E-state index in [2.05, 4.69) is 46.2 Å². The number of ether oxygens (including phenoxy) is 2. The summed E-state index contributed by atoms with van der Waals surface area (Å²) in [5, 5.41) is 16.9. The number of nitrogens with one attached hydrogen (secondary N) is 2. The lowest BCUT2D eigenvalue weighted by atomic mass is 9.71. The van der Waals surface area contributed by atoms with Gasteiger partial charge in [0.2, 0.25) is 5.91 Å². The number of rotatable bonds is 7. The minimum absolute atomic E-state index is 0.0381. The van der Waals surface area contributed by atoms with Crippen LogP contribution in [0.4, 0.5) is 0 Å². The molecule has 7 atom stereocenters. The van der Waals surface area contributed by atoms with Gasteiger partial charge in [0.1, 0.15) is 5.75 Å². The number of piperazine rings is 1. The maximum absolute atomic E-state index is 14.6. The smallest absolute Gasteiger partial charge is 0.246 e. The first kappa shape index (κ1) is 30.6. The highest BCUT2D eigenvalue weighted by Crippen LogP contribution is 2.50. The van der Waals surface area contributed by atoms with Crippen LogP contribution in [-0.2, 0) is 26.5 Å². The molecule has 1 aliphatic carbocycles. The number of carbonyl (C=O) groups excluding carboxylic acids is 2. The molecular formula is C32H44N6O4S. The van der Waals surface area contributed by atoms with Crippen LogP contribution in [0.2, 0.25) is 0 Å². The number of amides is 1. The van der Waals surface area contributed by atoms with Gasteiger partial charge in [-0.3, -0.25) is 25.1 Å². The molecule has 0 bridgehead atoms. The van der Waals surface area contributed by atoms with E-state index in [1.54, 1.807) is 23.8 Å². The van der Waals surface area contributed by atoms with Gasteiger partial charge in [0, 0.05) is 37.3 Å². The Balaban J connectivity index is 1.25. The maximum Gasteiger partial charge on any atom is 0.246 e. The molecule has 1 amide bonds. The summed E-state index contributed by atoms with van der Waals surface area (Å²) in [6.45, 7) is 7.05. The van der Waals surface area contributed by atoms with E-state index in [0.717, 1.165) is 42.9 Å². The molecule has 11 heteroatoms. The molecule has 0 aromatic heterocycles. The fraction of sp³-hybridized carbons (Fsp3) is 0.656. The van der Waals surface area contributed by atoms with E-state index in [-0.39, 0.29) is 42.3 Å². The number of methoxy groups -OCH3 is 1. The summed E-state index contributed by atoms with van der Waals surface area (Å²) in [7, 11) is 3.84. The average Bonchev–Trinajstić information content (AvgIpc) is 3.45. The van der Waals surface area contributed by atoms with Crippen molar-refractivity contribution in [3.8, 4) is 11.8 Å². The lowest BCUT2D eigenvalue weighted by molar-refractivity contribution is -0.145. The number of Topliss-reactive ketones (excluding diaryl/α,β-unsaturated/α-hetero) is 1. The number of nitriles is 1. The fourth-order valence-corrected chi connectivity index (χ4v) is 9.38. The molecule has 10 nitrogen and oxygen atoms in total. The molecule has 6 unspecified atom stereocenters. The van der Waals surface area contributed by atoms with Gasteiger partial charge in [0.15, 0.2) is 12.1 Å². The summed E-state index contributed by atoms with van der Waals surface area (Å²) >= 11 is 1.78. The Kier molecular flexibility index (Phi) is 9.15. The number of likely N-dealkylation sites (tertiary alicyclic amines) is 1. The zero-order chi connectivity index (χ0) is 30.1. The molecule has 4 aliphatic heterocycles. The largest absolute Gasteiger partial charge is 0.496 e. The van der Waals surface area contributed by atoms with Gasteiger partial charge in [0.05, 0.1) is 49.2 Å². The first-order valence-electron chi connectivity index (χ1n) is 15.6. The van der Waals surface area contributed by atoms with Crippen molar-refractivity contribution < 1.29 is 19.1 Å². The average molecular weight is 609 g/mol. The standard InChI is InChI=1S/C32H44N6O4S/c1-4-27(39)38-16-15-37(18-22(38)11-13-33)30-24-10-12-32(17-25-21(20-43-32)7-5-9-26(25)41-3)29(40)28(24)34-31(35-30)42-19-23-8-6-14-36(23)2/h4-5,7,9,22-24,28,30-31,34-35H,1,6,8,10-12,14-20H2,2-3H3/t22?,23?,24?,28?,30?,31?,32-/m0/s1. The Bertz CT molecular complexity index is 1260. The minimum atomic E-state index is -0.508. The van der Waals surface area contributed by atoms with Crippen LogP contribution in [0.3, 0.4) is 0 Å². The SMILES string of the molecule is C=CC(=O)N1CCN(C2NC(OCC3CCCN3C)NC3C(=O)[C@]4(CCC32)Cc2c(cccc2OC)CS4)CC1CC#N. The van der Waals surface area contributed by atoms with Gasteiger partial charge in [0.25, 0.3) is 0 Å². The molecular weight excluding hydrogens is 564 g/mol. The van der Waals surface area contributed by atoms with Crippen LogP contribution in [0.5, 0.6) is 5.75 Å². The van der Waals surface area contributed by atoms with Crippen LogP contribution in [0.25, 0.3) is 0 Å². The number of hydrogen-bond donors (Lipinski definition) is 2. The summed E-state index contributed by atoms with van der Waals surface area (Å²) in [5.74, 6) is 1.80. The Morgan fingerprint density at radius 2 is 2.12 bits per heavy atom. The molecule has 0 radical (unpaired) electrons. The van der Waals surface area contributed by atoms with Crippen LogP contribution in [0.1, 0.15) is 43.2 Å². The number of hydrogen-bond acceptors (Lipinski definition) is 10. The Morgan fingerprint density at radius 3 is 2.86 bits per heavy atom. The molecule has 1 aromatic rings. The van der Waals surface area contributed by atoms with E-state index in [1.807, 2.05) is 12.1 Å². The van der Waals surface area contributed by atoms with Crippen molar-refractivity contribution in [1.82, 2.24) is 25.3 Å². The second kappa shape index (κ2) is 12.9. The number of ketones is 1. The molecule has 232 valence electrons. The number of thioether (sulfide) groups is 1. The Hall–Kier alpha value is -2.46. The van der Waals surface area contributed by atoms with E-state index in [9.17, 15) is 14.9 Å². The predicted octanol–water partition coefficient (Wildman–Crippen LogP) is 2.10. The van der Waals surface area contributed by atoms with E-state index >= 15 is 0 Å². The molecule has 4 heterocycles. The molecule has 6 rings (SSSR count). The highest BCUT2D eigenvalue weighted by molar-refractivity contribution is 8.00. The summed E-state index contributed by atoms with van der Waals surface area (Å²) in [6, 6.07) is 8.21. The van der Waals surface area contributed by atoms with Gasteiger partial charge in [-0.25, -0.2) is 0 Å². The molecule has 43 heavy (non-hydrogen) atoms. The highest BCUT2D eigenvalue weighted by atomic mass is 32.2. The molecule has 3 saturated heterocycles. The van der Waals surface area contributed by atoms with Crippen LogP contribution in [0.15, 0.2) is 30.9 Å². The van der Waals surface area contributed by atoms with Gasteiger partial charge in [-0.1, -0.05) is 18.7 Å². The van der Waals surface area contributed by atoms with E-state index in [1.165, 1.54) is 18.1 Å². The predicted molar refractivity (Wildman–Crippen MR) is 165 cm³/mol. The number of fused-ring (bicyclic) bond motifs is 2. The van der Waals surface area contributed by atoms with Crippen LogP contribution < -0.4 is 15.4 Å². The minimum Gasteiger partial charge on any atom is -0.496 e. The second-order valence-corrected chi connectivity index (χ2v) is 14.0. The van der Waals surface area contributed by atoms with Crippen molar-refractivity contribution in [3.05, 3.63) is 42.0 Å². The summed E-state index contributed by atoms with van der Waals surface area (Å²) in [4.78, 5) is 33.7. The van der Waals surface area contributed by atoms with E-state index in [4.69, 9.17) is 9.47 Å². The molecule has 5 aliphatic rings. The maximum atomic E-state index is 14.6. The molecule has 2 N–H and O–H groups in total. The summed E-state index contributed by atoms with van der Waals surface area (Å²) in [6.07, 6.45) is 5.61. The topological polar surface area (TPSA) is 110 Å². The number of carbonyl (C=O) groups is 2. The number of nitrogens with zero attached hydrogens (tertiary/aromatic N) is 4. The third kappa shape index (κ3) is 5.86. The second-order valence-electron chi connectivity index (χ2n) is 12.6. The van der Waals surface area contributed by atoms with Crippen LogP contribution >= 0.6 is 11.8 Å². The van der Waals surface area contributed by atoms with Crippen LogP contribution in [0, 0.1) is 17.2 Å². The molecule has 4 fully saturated rings. The highest BCUT2D eigenvalue weighted by Gasteiger charge is 2.56. The van der Waals surface area contributed by atoms with Crippen molar-refractivity contribution in [3.63, 3.8) is 0 Å². The van der Waals surface area contributed by atoms with Gasteiger partial charge < -0.3 is 19.3 Å². The summed E-state index contributed by atoms with van der Waals surface area (Å²) in [5.41, 5.74) is 2.40. The fourth-order valence-electron chi connectivity index (χ4n) is 7.90. The Morgan fingerprint density at radius 1 is 1.26 bits per heavy atom. The lowest BCUT2D eigenvalue weighted by Gasteiger charge is -2.55.